The predicted molar refractivity (Wildman–Crippen MR) is 97.4 cm³/mol. The van der Waals surface area contributed by atoms with Crippen LogP contribution >= 0.6 is 39.1 Å². The molecule has 0 bridgehead atoms. The highest BCUT2D eigenvalue weighted by atomic mass is 79.9. The van der Waals surface area contributed by atoms with Crippen molar-refractivity contribution >= 4 is 39.1 Å². The van der Waals surface area contributed by atoms with Gasteiger partial charge in [0.05, 0.1) is 0 Å². The highest BCUT2D eigenvalue weighted by molar-refractivity contribution is 9.10. The fourth-order valence-corrected chi connectivity index (χ4v) is 4.62. The maximum absolute atomic E-state index is 6.40. The number of hydrogen-bond donors (Lipinski definition) is 0. The summed E-state index contributed by atoms with van der Waals surface area (Å²) in [5.74, 6) is 1.55. The summed E-state index contributed by atoms with van der Waals surface area (Å²) >= 11 is 16.2. The number of rotatable bonds is 3. The van der Waals surface area contributed by atoms with Gasteiger partial charge in [0.1, 0.15) is 0 Å². The zero-order valence-electron chi connectivity index (χ0n) is 13.2. The van der Waals surface area contributed by atoms with Gasteiger partial charge in [-0.1, -0.05) is 54.4 Å². The average molecular weight is 392 g/mol. The first-order chi connectivity index (χ1) is 9.76. The molecule has 118 valence electrons. The minimum atomic E-state index is 0.223. The summed E-state index contributed by atoms with van der Waals surface area (Å²) in [6.07, 6.45) is 5.99. The van der Waals surface area contributed by atoms with E-state index in [0.717, 1.165) is 27.7 Å². The number of halogens is 3. The normalized spacial score (nSPS) is 26.9. The SMILES string of the molecule is CC(C)(C)C1CCC(CCl)(Cc2ccc(Br)cc2Cl)CC1. The van der Waals surface area contributed by atoms with Crippen LogP contribution in [0.5, 0.6) is 0 Å². The van der Waals surface area contributed by atoms with E-state index in [2.05, 4.69) is 48.8 Å². The van der Waals surface area contributed by atoms with E-state index in [1.165, 1.54) is 31.2 Å². The van der Waals surface area contributed by atoms with Crippen LogP contribution in [0.3, 0.4) is 0 Å². The molecule has 3 heteroatoms. The molecule has 0 aromatic heterocycles. The van der Waals surface area contributed by atoms with Crippen LogP contribution in [-0.4, -0.2) is 5.88 Å². The lowest BCUT2D eigenvalue weighted by Gasteiger charge is -2.43. The monoisotopic (exact) mass is 390 g/mol. The van der Waals surface area contributed by atoms with Gasteiger partial charge < -0.3 is 0 Å². The minimum absolute atomic E-state index is 0.223. The highest BCUT2D eigenvalue weighted by Gasteiger charge is 2.38. The molecule has 0 spiro atoms. The van der Waals surface area contributed by atoms with Crippen molar-refractivity contribution in [3.05, 3.63) is 33.3 Å². The quantitative estimate of drug-likeness (QED) is 0.481. The van der Waals surface area contributed by atoms with Gasteiger partial charge in [0.15, 0.2) is 0 Å². The van der Waals surface area contributed by atoms with Gasteiger partial charge in [-0.25, -0.2) is 0 Å². The topological polar surface area (TPSA) is 0 Å². The Kier molecular flexibility index (Phi) is 5.71. The number of hydrogen-bond acceptors (Lipinski definition) is 0. The molecule has 0 amide bonds. The van der Waals surface area contributed by atoms with Gasteiger partial charge in [-0.05, 0) is 66.5 Å². The van der Waals surface area contributed by atoms with E-state index < -0.39 is 0 Å². The summed E-state index contributed by atoms with van der Waals surface area (Å²) in [7, 11) is 0. The van der Waals surface area contributed by atoms with Crippen LogP contribution in [0.15, 0.2) is 22.7 Å². The molecule has 0 aliphatic heterocycles. The average Bonchev–Trinajstić information content (AvgIpc) is 2.41. The van der Waals surface area contributed by atoms with E-state index in [4.69, 9.17) is 23.2 Å². The van der Waals surface area contributed by atoms with Crippen LogP contribution in [-0.2, 0) is 6.42 Å². The summed E-state index contributed by atoms with van der Waals surface area (Å²) in [5.41, 5.74) is 1.86. The van der Waals surface area contributed by atoms with E-state index >= 15 is 0 Å². The zero-order chi connectivity index (χ0) is 15.7. The van der Waals surface area contributed by atoms with Gasteiger partial charge >= 0.3 is 0 Å². The van der Waals surface area contributed by atoms with Gasteiger partial charge in [-0.15, -0.1) is 11.6 Å². The van der Waals surface area contributed by atoms with Crippen LogP contribution in [0.25, 0.3) is 0 Å². The molecular formula is C18H25BrCl2. The van der Waals surface area contributed by atoms with Gasteiger partial charge in [0.2, 0.25) is 0 Å². The largest absolute Gasteiger partial charge is 0.126 e. The summed E-state index contributed by atoms with van der Waals surface area (Å²) in [6, 6.07) is 6.19. The molecule has 0 N–H and O–H groups in total. The Balaban J connectivity index is 2.10. The third-order valence-corrected chi connectivity index (χ3v) is 6.55. The fourth-order valence-electron chi connectivity index (χ4n) is 3.52. The molecule has 1 fully saturated rings. The highest BCUT2D eigenvalue weighted by Crippen LogP contribution is 2.48. The summed E-state index contributed by atoms with van der Waals surface area (Å²) < 4.78 is 1.03. The van der Waals surface area contributed by atoms with E-state index in [1.807, 2.05) is 6.07 Å². The second kappa shape index (κ2) is 6.81. The predicted octanol–water partition coefficient (Wildman–Crippen LogP) is 7.11. The van der Waals surface area contributed by atoms with Gasteiger partial charge in [-0.3, -0.25) is 0 Å². The minimum Gasteiger partial charge on any atom is -0.126 e. The summed E-state index contributed by atoms with van der Waals surface area (Å²) in [5, 5.41) is 0.854. The van der Waals surface area contributed by atoms with Crippen molar-refractivity contribution < 1.29 is 0 Å². The molecular weight excluding hydrogens is 367 g/mol. The Morgan fingerprint density at radius 3 is 2.33 bits per heavy atom. The molecule has 0 unspecified atom stereocenters. The maximum atomic E-state index is 6.40. The zero-order valence-corrected chi connectivity index (χ0v) is 16.3. The second-order valence-corrected chi connectivity index (χ2v) is 9.28. The van der Waals surface area contributed by atoms with Gasteiger partial charge in [0.25, 0.3) is 0 Å². The van der Waals surface area contributed by atoms with E-state index in [9.17, 15) is 0 Å². The summed E-state index contributed by atoms with van der Waals surface area (Å²) in [4.78, 5) is 0. The first kappa shape index (κ1) is 17.6. The lowest BCUT2D eigenvalue weighted by Crippen LogP contribution is -2.35. The van der Waals surface area contributed by atoms with Crippen molar-refractivity contribution in [3.63, 3.8) is 0 Å². The molecule has 0 radical (unpaired) electrons. The molecule has 1 aliphatic carbocycles. The van der Waals surface area contributed by atoms with Gasteiger partial charge in [-0.2, -0.15) is 0 Å². The molecule has 1 aromatic carbocycles. The Morgan fingerprint density at radius 2 is 1.86 bits per heavy atom. The number of alkyl halides is 1. The van der Waals surface area contributed by atoms with E-state index in [-0.39, 0.29) is 5.41 Å². The first-order valence-electron chi connectivity index (χ1n) is 7.76. The van der Waals surface area contributed by atoms with Crippen LogP contribution in [0.4, 0.5) is 0 Å². The molecule has 0 saturated heterocycles. The Labute approximate surface area is 147 Å². The van der Waals surface area contributed by atoms with Crippen molar-refractivity contribution in [3.8, 4) is 0 Å². The summed E-state index contributed by atoms with van der Waals surface area (Å²) in [6.45, 7) is 7.07. The first-order valence-corrected chi connectivity index (χ1v) is 9.46. The van der Waals surface area contributed by atoms with Crippen LogP contribution in [0.2, 0.25) is 5.02 Å². The van der Waals surface area contributed by atoms with Crippen molar-refractivity contribution in [2.24, 2.45) is 16.7 Å². The van der Waals surface area contributed by atoms with Crippen molar-refractivity contribution in [2.45, 2.75) is 52.9 Å². The van der Waals surface area contributed by atoms with Crippen molar-refractivity contribution in [1.82, 2.24) is 0 Å². The molecule has 1 saturated carbocycles. The molecule has 0 atom stereocenters. The third kappa shape index (κ3) is 4.39. The lowest BCUT2D eigenvalue weighted by molar-refractivity contribution is 0.102. The van der Waals surface area contributed by atoms with Crippen molar-refractivity contribution in [1.29, 1.82) is 0 Å². The standard InChI is InChI=1S/C18H25BrCl2/c1-17(2,3)14-6-8-18(12-20,9-7-14)11-13-4-5-15(19)10-16(13)21/h4-5,10,14H,6-9,11-12H2,1-3H3. The van der Waals surface area contributed by atoms with E-state index in [0.29, 0.717) is 5.41 Å². The smallest absolute Gasteiger partial charge is 0.0449 e. The Hall–Kier alpha value is 0.280. The molecule has 2 rings (SSSR count). The van der Waals surface area contributed by atoms with Crippen molar-refractivity contribution in [2.75, 3.05) is 5.88 Å². The maximum Gasteiger partial charge on any atom is 0.0449 e. The molecule has 1 aromatic rings. The van der Waals surface area contributed by atoms with Crippen LogP contribution in [0, 0.1) is 16.7 Å². The van der Waals surface area contributed by atoms with Crippen LogP contribution < -0.4 is 0 Å². The Bertz CT molecular complexity index is 482. The van der Waals surface area contributed by atoms with E-state index in [1.54, 1.807) is 0 Å². The van der Waals surface area contributed by atoms with Gasteiger partial charge in [0, 0.05) is 15.4 Å². The third-order valence-electron chi connectivity index (χ3n) is 5.14. The van der Waals surface area contributed by atoms with Crippen LogP contribution in [0.1, 0.15) is 52.0 Å². The molecule has 21 heavy (non-hydrogen) atoms. The number of benzene rings is 1. The Morgan fingerprint density at radius 1 is 1.24 bits per heavy atom. The molecule has 0 nitrogen and oxygen atoms in total. The molecule has 0 heterocycles. The fraction of sp³-hybridized carbons (Fsp3) is 0.667. The molecule has 1 aliphatic rings. The lowest BCUT2D eigenvalue weighted by atomic mass is 9.63. The second-order valence-electron chi connectivity index (χ2n) is 7.69.